The van der Waals surface area contributed by atoms with Crippen LogP contribution in [0.5, 0.6) is 5.75 Å². The molecule has 1 saturated carbocycles. The van der Waals surface area contributed by atoms with E-state index in [9.17, 15) is 9.65 Å². The monoisotopic (exact) mass is 318 g/mol. The highest BCUT2D eigenvalue weighted by Gasteiger charge is 2.54. The Labute approximate surface area is 135 Å². The average molecular weight is 318 g/mol. The number of nitrogens with zero attached hydrogens (tertiary/aromatic N) is 1. The molecular formula is C16H20BFN2O3. The first-order chi connectivity index (χ1) is 10.6. The summed E-state index contributed by atoms with van der Waals surface area (Å²) in [5.74, 6) is -0.631. The summed E-state index contributed by atoms with van der Waals surface area (Å²) in [7, 11) is -0.803. The average Bonchev–Trinajstić information content (AvgIpc) is 3.16. The van der Waals surface area contributed by atoms with Crippen LogP contribution >= 0.6 is 0 Å². The van der Waals surface area contributed by atoms with Crippen molar-refractivity contribution in [3.05, 3.63) is 17.9 Å². The van der Waals surface area contributed by atoms with Gasteiger partial charge in [0, 0.05) is 30.1 Å². The number of hydrogen-bond acceptors (Lipinski definition) is 5. The molecule has 2 N–H and O–H groups in total. The molecule has 7 heteroatoms. The Kier molecular flexibility index (Phi) is 3.40. The summed E-state index contributed by atoms with van der Waals surface area (Å²) in [6, 6.07) is 4.85. The van der Waals surface area contributed by atoms with E-state index < -0.39 is 29.7 Å². The van der Waals surface area contributed by atoms with Crippen LogP contribution in [0.15, 0.2) is 12.1 Å². The normalized spacial score (nSPS) is 23.4. The van der Waals surface area contributed by atoms with Crippen LogP contribution in [0.1, 0.15) is 40.5 Å². The fraction of sp³-hybridized carbons (Fsp3) is 0.562. The summed E-state index contributed by atoms with van der Waals surface area (Å²) in [6.45, 7) is 7.64. The minimum atomic E-state index is -0.949. The summed E-state index contributed by atoms with van der Waals surface area (Å²) in [5, 5.41) is 9.20. The number of benzene rings is 1. The first-order valence-corrected chi connectivity index (χ1v) is 7.64. The molecule has 2 fully saturated rings. The molecule has 0 aromatic heterocycles. The van der Waals surface area contributed by atoms with E-state index in [2.05, 4.69) is 6.07 Å². The molecule has 1 aliphatic heterocycles. The molecule has 0 spiro atoms. The van der Waals surface area contributed by atoms with E-state index in [0.717, 1.165) is 0 Å². The number of halogens is 1. The minimum Gasteiger partial charge on any atom is -0.470 e. The molecule has 0 amide bonds. The summed E-state index contributed by atoms with van der Waals surface area (Å²) < 4.78 is 32.0. The Morgan fingerprint density at radius 1 is 1.22 bits per heavy atom. The lowest BCUT2D eigenvalue weighted by atomic mass is 9.78. The summed E-state index contributed by atoms with van der Waals surface area (Å²) in [4.78, 5) is 0. The van der Waals surface area contributed by atoms with Gasteiger partial charge in [0.2, 0.25) is 0 Å². The van der Waals surface area contributed by atoms with Crippen LogP contribution < -0.4 is 15.9 Å². The third-order valence-corrected chi connectivity index (χ3v) is 4.81. The lowest BCUT2D eigenvalue weighted by Gasteiger charge is -2.32. The zero-order chi connectivity index (χ0) is 17.0. The molecule has 0 unspecified atom stereocenters. The maximum Gasteiger partial charge on any atom is 0.498 e. The largest absolute Gasteiger partial charge is 0.498 e. The van der Waals surface area contributed by atoms with Gasteiger partial charge in [-0.15, -0.1) is 0 Å². The number of ether oxygens (including phenoxy) is 1. The van der Waals surface area contributed by atoms with E-state index >= 15 is 0 Å². The van der Waals surface area contributed by atoms with Gasteiger partial charge in [-0.25, -0.2) is 4.39 Å². The summed E-state index contributed by atoms with van der Waals surface area (Å²) >= 11 is 0. The predicted octanol–water partition coefficient (Wildman–Crippen LogP) is 2.14. The lowest BCUT2D eigenvalue weighted by Crippen LogP contribution is -2.41. The number of nitrogens with two attached hydrogens (primary N) is 1. The van der Waals surface area contributed by atoms with Crippen molar-refractivity contribution in [1.82, 2.24) is 0 Å². The first-order valence-electron chi connectivity index (χ1n) is 7.64. The van der Waals surface area contributed by atoms with E-state index in [1.165, 1.54) is 6.07 Å². The number of nitriles is 1. The van der Waals surface area contributed by atoms with Gasteiger partial charge >= 0.3 is 7.12 Å². The highest BCUT2D eigenvalue weighted by atomic mass is 19.1. The van der Waals surface area contributed by atoms with E-state index in [-0.39, 0.29) is 11.4 Å². The minimum absolute atomic E-state index is 0.0169. The Morgan fingerprint density at radius 2 is 1.78 bits per heavy atom. The van der Waals surface area contributed by atoms with Crippen LogP contribution in [0.4, 0.5) is 10.1 Å². The zero-order valence-electron chi connectivity index (χ0n) is 13.8. The van der Waals surface area contributed by atoms with Crippen molar-refractivity contribution >= 4 is 18.3 Å². The van der Waals surface area contributed by atoms with Gasteiger partial charge in [-0.05, 0) is 33.8 Å². The molecule has 0 bridgehead atoms. The molecule has 1 aliphatic carbocycles. The highest BCUT2D eigenvalue weighted by Crippen LogP contribution is 2.42. The smallest absolute Gasteiger partial charge is 0.470 e. The quantitative estimate of drug-likeness (QED) is 0.682. The SMILES string of the molecule is CC1(C)OB(c2cc(N)cc(F)c2OC2(C#N)CC2)OC1(C)C. The van der Waals surface area contributed by atoms with Gasteiger partial charge in [-0.1, -0.05) is 0 Å². The molecule has 122 valence electrons. The third-order valence-electron chi connectivity index (χ3n) is 4.81. The van der Waals surface area contributed by atoms with E-state index in [4.69, 9.17) is 19.8 Å². The molecule has 1 aromatic carbocycles. The molecule has 3 rings (SSSR count). The Balaban J connectivity index is 2.01. The molecule has 1 heterocycles. The van der Waals surface area contributed by atoms with Crippen molar-refractivity contribution in [2.45, 2.75) is 57.3 Å². The van der Waals surface area contributed by atoms with Crippen LogP contribution in [-0.4, -0.2) is 23.9 Å². The zero-order valence-corrected chi connectivity index (χ0v) is 13.8. The van der Waals surface area contributed by atoms with Crippen LogP contribution in [-0.2, 0) is 9.31 Å². The van der Waals surface area contributed by atoms with E-state index in [0.29, 0.717) is 18.3 Å². The second kappa shape index (κ2) is 4.86. The van der Waals surface area contributed by atoms with Gasteiger partial charge in [0.15, 0.2) is 17.2 Å². The van der Waals surface area contributed by atoms with Crippen molar-refractivity contribution < 1.29 is 18.4 Å². The fourth-order valence-electron chi connectivity index (χ4n) is 2.43. The second-order valence-corrected chi connectivity index (χ2v) is 7.22. The summed E-state index contributed by atoms with van der Waals surface area (Å²) in [5.41, 5.74) is 4.32. The lowest BCUT2D eigenvalue weighted by molar-refractivity contribution is 0.00578. The Hall–Kier alpha value is -1.78. The maximum absolute atomic E-state index is 14.4. The standard InChI is InChI=1S/C16H20BFN2O3/c1-14(2)15(3,4)23-17(22-14)11-7-10(20)8-12(18)13(11)21-16(9-19)5-6-16/h7-8H,5-6,20H2,1-4H3. The van der Waals surface area contributed by atoms with Gasteiger partial charge in [0.1, 0.15) is 6.07 Å². The molecule has 2 aliphatic rings. The van der Waals surface area contributed by atoms with Crippen molar-refractivity contribution in [2.24, 2.45) is 0 Å². The van der Waals surface area contributed by atoms with Crippen LogP contribution in [0.2, 0.25) is 0 Å². The molecule has 0 radical (unpaired) electrons. The second-order valence-electron chi connectivity index (χ2n) is 7.22. The Bertz CT molecular complexity index is 679. The van der Waals surface area contributed by atoms with Crippen molar-refractivity contribution in [2.75, 3.05) is 5.73 Å². The Morgan fingerprint density at radius 3 is 2.26 bits per heavy atom. The molecule has 23 heavy (non-hydrogen) atoms. The van der Waals surface area contributed by atoms with E-state index in [1.54, 1.807) is 6.07 Å². The number of hydrogen-bond donors (Lipinski definition) is 1. The topological polar surface area (TPSA) is 77.5 Å². The van der Waals surface area contributed by atoms with Gasteiger partial charge in [-0.3, -0.25) is 0 Å². The molecular weight excluding hydrogens is 298 g/mol. The van der Waals surface area contributed by atoms with Crippen LogP contribution in [0.3, 0.4) is 0 Å². The number of rotatable bonds is 3. The predicted molar refractivity (Wildman–Crippen MR) is 84.7 cm³/mol. The molecule has 5 nitrogen and oxygen atoms in total. The maximum atomic E-state index is 14.4. The first kappa shape index (κ1) is 16.1. The van der Waals surface area contributed by atoms with Gasteiger partial charge in [0.05, 0.1) is 11.2 Å². The van der Waals surface area contributed by atoms with E-state index in [1.807, 2.05) is 27.7 Å². The summed E-state index contributed by atoms with van der Waals surface area (Å²) in [6.07, 6.45) is 1.16. The number of anilines is 1. The van der Waals surface area contributed by atoms with Gasteiger partial charge < -0.3 is 19.8 Å². The highest BCUT2D eigenvalue weighted by molar-refractivity contribution is 6.63. The van der Waals surface area contributed by atoms with Crippen molar-refractivity contribution in [1.29, 1.82) is 5.26 Å². The van der Waals surface area contributed by atoms with Crippen molar-refractivity contribution in [3.63, 3.8) is 0 Å². The molecule has 0 atom stereocenters. The van der Waals surface area contributed by atoms with Crippen LogP contribution in [0, 0.1) is 17.1 Å². The van der Waals surface area contributed by atoms with Gasteiger partial charge in [0.25, 0.3) is 0 Å². The van der Waals surface area contributed by atoms with Gasteiger partial charge in [-0.2, -0.15) is 5.26 Å². The third kappa shape index (κ3) is 2.66. The molecule has 1 aromatic rings. The van der Waals surface area contributed by atoms with Crippen LogP contribution in [0.25, 0.3) is 0 Å². The fourth-order valence-corrected chi connectivity index (χ4v) is 2.43. The number of nitrogen functional groups attached to an aromatic ring is 1. The molecule has 1 saturated heterocycles. The van der Waals surface area contributed by atoms with Crippen molar-refractivity contribution in [3.8, 4) is 11.8 Å².